The molecule has 4 nitrogen and oxygen atoms in total. The van der Waals surface area contributed by atoms with E-state index in [-0.39, 0.29) is 11.7 Å². The van der Waals surface area contributed by atoms with Crippen molar-refractivity contribution >= 4 is 35.0 Å². The summed E-state index contributed by atoms with van der Waals surface area (Å²) in [4.78, 5) is 20.6. The van der Waals surface area contributed by atoms with E-state index in [9.17, 15) is 4.79 Å². The molecular weight excluding hydrogens is 306 g/mol. The molecule has 21 heavy (non-hydrogen) atoms. The number of rotatable bonds is 4. The molecule has 1 heterocycles. The van der Waals surface area contributed by atoms with Crippen LogP contribution in [0, 0.1) is 20.8 Å². The molecule has 6 heteroatoms. The van der Waals surface area contributed by atoms with E-state index in [1.54, 1.807) is 12.1 Å². The number of carbonyl (C=O) groups is 1. The zero-order chi connectivity index (χ0) is 15.4. The van der Waals surface area contributed by atoms with Crippen molar-refractivity contribution in [1.29, 1.82) is 0 Å². The van der Waals surface area contributed by atoms with E-state index in [0.29, 0.717) is 10.2 Å². The summed E-state index contributed by atoms with van der Waals surface area (Å²) in [7, 11) is 0. The van der Waals surface area contributed by atoms with Crippen LogP contribution in [-0.2, 0) is 4.79 Å². The highest BCUT2D eigenvalue weighted by Crippen LogP contribution is 2.20. The van der Waals surface area contributed by atoms with Gasteiger partial charge in [0.1, 0.15) is 0 Å². The Morgan fingerprint density at radius 1 is 1.19 bits per heavy atom. The summed E-state index contributed by atoms with van der Waals surface area (Å²) in [5.41, 5.74) is 3.51. The molecular formula is C15H16ClN3OS. The molecule has 0 aliphatic rings. The Morgan fingerprint density at radius 3 is 2.48 bits per heavy atom. The molecule has 0 unspecified atom stereocenters. The fourth-order valence-electron chi connectivity index (χ4n) is 1.84. The average molecular weight is 322 g/mol. The van der Waals surface area contributed by atoms with E-state index in [0.717, 1.165) is 22.6 Å². The minimum Gasteiger partial charge on any atom is -0.325 e. The first-order valence-electron chi connectivity index (χ1n) is 6.45. The van der Waals surface area contributed by atoms with Gasteiger partial charge in [-0.3, -0.25) is 4.79 Å². The number of aryl methyl sites for hydroxylation is 3. The van der Waals surface area contributed by atoms with Crippen molar-refractivity contribution in [3.05, 3.63) is 46.2 Å². The van der Waals surface area contributed by atoms with Gasteiger partial charge in [-0.1, -0.05) is 23.4 Å². The van der Waals surface area contributed by atoms with Crippen LogP contribution < -0.4 is 5.32 Å². The Labute approximate surface area is 133 Å². The van der Waals surface area contributed by atoms with Crippen LogP contribution in [-0.4, -0.2) is 21.6 Å². The molecule has 110 valence electrons. The number of aromatic nitrogens is 2. The van der Waals surface area contributed by atoms with Gasteiger partial charge in [0.2, 0.25) is 5.91 Å². The topological polar surface area (TPSA) is 54.9 Å². The smallest absolute Gasteiger partial charge is 0.234 e. The highest BCUT2D eigenvalue weighted by molar-refractivity contribution is 7.99. The first-order valence-corrected chi connectivity index (χ1v) is 7.81. The van der Waals surface area contributed by atoms with Crippen LogP contribution in [0.4, 0.5) is 5.69 Å². The molecule has 1 N–H and O–H groups in total. The predicted molar refractivity (Wildman–Crippen MR) is 87.0 cm³/mol. The lowest BCUT2D eigenvalue weighted by atomic mass is 10.2. The molecule has 2 aromatic rings. The Kier molecular flexibility index (Phi) is 5.20. The molecule has 2 rings (SSSR count). The Morgan fingerprint density at radius 2 is 1.86 bits per heavy atom. The van der Waals surface area contributed by atoms with Crippen molar-refractivity contribution < 1.29 is 4.79 Å². The van der Waals surface area contributed by atoms with Gasteiger partial charge in [-0.25, -0.2) is 9.97 Å². The van der Waals surface area contributed by atoms with Crippen molar-refractivity contribution in [3.63, 3.8) is 0 Å². The number of nitrogens with zero attached hydrogens (tertiary/aromatic N) is 2. The Balaban J connectivity index is 1.95. The van der Waals surface area contributed by atoms with Crippen LogP contribution >= 0.6 is 23.4 Å². The molecule has 0 atom stereocenters. The number of hydrogen-bond acceptors (Lipinski definition) is 4. The summed E-state index contributed by atoms with van der Waals surface area (Å²) in [5, 5.41) is 4.14. The summed E-state index contributed by atoms with van der Waals surface area (Å²) in [6.45, 7) is 5.73. The maximum atomic E-state index is 12.0. The molecule has 1 aromatic carbocycles. The van der Waals surface area contributed by atoms with E-state index in [2.05, 4.69) is 15.3 Å². The van der Waals surface area contributed by atoms with E-state index >= 15 is 0 Å². The van der Waals surface area contributed by atoms with Crippen LogP contribution in [0.25, 0.3) is 0 Å². The Hall–Kier alpha value is -1.59. The van der Waals surface area contributed by atoms with Crippen LogP contribution in [0.1, 0.15) is 17.0 Å². The van der Waals surface area contributed by atoms with Crippen molar-refractivity contribution in [2.24, 2.45) is 0 Å². The maximum absolute atomic E-state index is 12.0. The van der Waals surface area contributed by atoms with Gasteiger partial charge in [0.05, 0.1) is 5.75 Å². The van der Waals surface area contributed by atoms with Crippen molar-refractivity contribution in [3.8, 4) is 0 Å². The second kappa shape index (κ2) is 6.91. The Bertz CT molecular complexity index is 656. The molecule has 0 fully saturated rings. The third-order valence-corrected chi connectivity index (χ3v) is 3.84. The zero-order valence-corrected chi connectivity index (χ0v) is 13.7. The van der Waals surface area contributed by atoms with E-state index < -0.39 is 0 Å². The van der Waals surface area contributed by atoms with Gasteiger partial charge in [0, 0.05) is 22.1 Å². The number of thioether (sulfide) groups is 1. The number of carbonyl (C=O) groups excluding carboxylic acids is 1. The lowest BCUT2D eigenvalue weighted by molar-refractivity contribution is -0.113. The number of anilines is 1. The average Bonchev–Trinajstić information content (AvgIpc) is 2.39. The lowest BCUT2D eigenvalue weighted by Crippen LogP contribution is -2.15. The SMILES string of the molecule is Cc1cc(C)nc(SCC(=O)Nc2ccc(Cl)cc2C)n1. The minimum absolute atomic E-state index is 0.0896. The summed E-state index contributed by atoms with van der Waals surface area (Å²) in [5.74, 6) is 0.179. The fraction of sp³-hybridized carbons (Fsp3) is 0.267. The van der Waals surface area contributed by atoms with Crippen molar-refractivity contribution in [2.45, 2.75) is 25.9 Å². The molecule has 0 spiro atoms. The molecule has 0 saturated heterocycles. The zero-order valence-electron chi connectivity index (χ0n) is 12.1. The van der Waals surface area contributed by atoms with E-state index in [1.165, 1.54) is 11.8 Å². The van der Waals surface area contributed by atoms with Gasteiger partial charge in [-0.15, -0.1) is 0 Å². The predicted octanol–water partition coefficient (Wildman–Crippen LogP) is 3.79. The van der Waals surface area contributed by atoms with Crippen molar-refractivity contribution in [2.75, 3.05) is 11.1 Å². The highest BCUT2D eigenvalue weighted by Gasteiger charge is 2.08. The molecule has 0 radical (unpaired) electrons. The first-order chi connectivity index (χ1) is 9.94. The number of amides is 1. The molecule has 0 aliphatic heterocycles. The van der Waals surface area contributed by atoms with E-state index in [1.807, 2.05) is 32.9 Å². The summed E-state index contributed by atoms with van der Waals surface area (Å²) in [6.07, 6.45) is 0. The molecule has 1 aromatic heterocycles. The number of nitrogens with one attached hydrogen (secondary N) is 1. The van der Waals surface area contributed by atoms with Crippen molar-refractivity contribution in [1.82, 2.24) is 9.97 Å². The van der Waals surface area contributed by atoms with Gasteiger partial charge >= 0.3 is 0 Å². The third-order valence-electron chi connectivity index (χ3n) is 2.76. The van der Waals surface area contributed by atoms with Crippen LogP contribution in [0.15, 0.2) is 29.4 Å². The first kappa shape index (κ1) is 15.8. The number of benzene rings is 1. The van der Waals surface area contributed by atoms with Gasteiger partial charge in [-0.05, 0) is 50.6 Å². The lowest BCUT2D eigenvalue weighted by Gasteiger charge is -2.08. The van der Waals surface area contributed by atoms with Gasteiger partial charge < -0.3 is 5.32 Å². The quantitative estimate of drug-likeness (QED) is 0.687. The maximum Gasteiger partial charge on any atom is 0.234 e. The third kappa shape index (κ3) is 4.72. The molecule has 0 aliphatic carbocycles. The highest BCUT2D eigenvalue weighted by atomic mass is 35.5. The number of halogens is 1. The van der Waals surface area contributed by atoms with Gasteiger partial charge in [0.15, 0.2) is 5.16 Å². The number of hydrogen-bond donors (Lipinski definition) is 1. The summed E-state index contributed by atoms with van der Waals surface area (Å²) < 4.78 is 0. The molecule has 1 amide bonds. The van der Waals surface area contributed by atoms with Crippen LogP contribution in [0.5, 0.6) is 0 Å². The van der Waals surface area contributed by atoms with Crippen LogP contribution in [0.2, 0.25) is 5.02 Å². The second-order valence-electron chi connectivity index (χ2n) is 4.73. The fourth-order valence-corrected chi connectivity index (χ4v) is 2.82. The van der Waals surface area contributed by atoms with Gasteiger partial charge in [-0.2, -0.15) is 0 Å². The largest absolute Gasteiger partial charge is 0.325 e. The normalized spacial score (nSPS) is 10.5. The van der Waals surface area contributed by atoms with Crippen LogP contribution in [0.3, 0.4) is 0 Å². The summed E-state index contributed by atoms with van der Waals surface area (Å²) >= 11 is 7.22. The second-order valence-corrected chi connectivity index (χ2v) is 6.11. The van der Waals surface area contributed by atoms with Gasteiger partial charge in [0.25, 0.3) is 0 Å². The monoisotopic (exact) mass is 321 g/mol. The standard InChI is InChI=1S/C15H16ClN3OS/c1-9-6-12(16)4-5-13(9)19-14(20)8-21-15-17-10(2)7-11(3)18-15/h4-7H,8H2,1-3H3,(H,19,20). The minimum atomic E-state index is -0.0896. The molecule has 0 bridgehead atoms. The van der Waals surface area contributed by atoms with E-state index in [4.69, 9.17) is 11.6 Å². The molecule has 0 saturated carbocycles. The summed E-state index contributed by atoms with van der Waals surface area (Å²) in [6, 6.07) is 7.27.